The Labute approximate surface area is 148 Å². The molecule has 0 radical (unpaired) electrons. The Kier molecular flexibility index (Phi) is 9.39. The van der Waals surface area contributed by atoms with E-state index in [9.17, 15) is 9.59 Å². The van der Waals surface area contributed by atoms with Crippen molar-refractivity contribution in [3.8, 4) is 11.5 Å². The van der Waals surface area contributed by atoms with Gasteiger partial charge in [0.05, 0.1) is 40.4 Å². The number of ether oxygens (including phenoxy) is 4. The van der Waals surface area contributed by atoms with Gasteiger partial charge in [-0.05, 0) is 31.5 Å². The summed E-state index contributed by atoms with van der Waals surface area (Å²) in [4.78, 5) is 25.3. The van der Waals surface area contributed by atoms with Crippen LogP contribution in [0.5, 0.6) is 11.5 Å². The number of nitrogens with zero attached hydrogens (tertiary/aromatic N) is 1. The second kappa shape index (κ2) is 11.3. The van der Waals surface area contributed by atoms with E-state index in [1.54, 1.807) is 34.1 Å². The number of esters is 2. The molecule has 0 atom stereocenters. The topological polar surface area (TPSA) is 74.3 Å². The second-order valence-corrected chi connectivity index (χ2v) is 5.29. The lowest BCUT2D eigenvalue weighted by Gasteiger charge is -2.21. The van der Waals surface area contributed by atoms with Crippen LogP contribution in [0.15, 0.2) is 18.2 Å². The molecule has 0 amide bonds. The Morgan fingerprint density at radius 2 is 1.48 bits per heavy atom. The highest BCUT2D eigenvalue weighted by Gasteiger charge is 2.15. The SMILES string of the molecule is CCOC(=O)CCN(CC(=O)OCC)Cc1cc(OC)cc(OC)c1. The van der Waals surface area contributed by atoms with Crippen LogP contribution in [-0.4, -0.2) is 57.4 Å². The fourth-order valence-electron chi connectivity index (χ4n) is 2.30. The predicted octanol–water partition coefficient (Wildman–Crippen LogP) is 2.02. The van der Waals surface area contributed by atoms with Gasteiger partial charge in [0.25, 0.3) is 0 Å². The van der Waals surface area contributed by atoms with Gasteiger partial charge in [0.1, 0.15) is 11.5 Å². The van der Waals surface area contributed by atoms with E-state index in [0.717, 1.165) is 5.56 Å². The van der Waals surface area contributed by atoms with Crippen LogP contribution >= 0.6 is 0 Å². The zero-order chi connectivity index (χ0) is 18.7. The smallest absolute Gasteiger partial charge is 0.320 e. The van der Waals surface area contributed by atoms with Gasteiger partial charge in [0.15, 0.2) is 0 Å². The van der Waals surface area contributed by atoms with Crippen LogP contribution in [0.2, 0.25) is 0 Å². The van der Waals surface area contributed by atoms with E-state index in [0.29, 0.717) is 37.8 Å². The molecule has 0 saturated carbocycles. The first-order valence-corrected chi connectivity index (χ1v) is 8.27. The quantitative estimate of drug-likeness (QED) is 0.564. The molecule has 7 heteroatoms. The molecule has 1 rings (SSSR count). The Morgan fingerprint density at radius 3 is 2.00 bits per heavy atom. The summed E-state index contributed by atoms with van der Waals surface area (Å²) in [6.45, 7) is 5.10. The number of carbonyl (C=O) groups excluding carboxylic acids is 2. The van der Waals surface area contributed by atoms with Crippen LogP contribution in [0.1, 0.15) is 25.8 Å². The van der Waals surface area contributed by atoms with Crippen molar-refractivity contribution in [3.63, 3.8) is 0 Å². The summed E-state index contributed by atoms with van der Waals surface area (Å²) in [7, 11) is 3.16. The fourth-order valence-corrected chi connectivity index (χ4v) is 2.30. The van der Waals surface area contributed by atoms with Gasteiger partial charge in [-0.3, -0.25) is 14.5 Å². The standard InChI is InChI=1S/C18H27NO6/c1-5-24-17(20)7-8-19(13-18(21)25-6-2)12-14-9-15(22-3)11-16(10-14)23-4/h9-11H,5-8,12-13H2,1-4H3. The molecule has 1 aromatic carbocycles. The van der Waals surface area contributed by atoms with Crippen LogP contribution in [0.3, 0.4) is 0 Å². The van der Waals surface area contributed by atoms with Crippen molar-refractivity contribution >= 4 is 11.9 Å². The van der Waals surface area contributed by atoms with Gasteiger partial charge in [-0.25, -0.2) is 0 Å². The van der Waals surface area contributed by atoms with Crippen LogP contribution in [0.4, 0.5) is 0 Å². The van der Waals surface area contributed by atoms with E-state index in [1.807, 2.05) is 17.0 Å². The molecule has 0 aliphatic heterocycles. The largest absolute Gasteiger partial charge is 0.497 e. The van der Waals surface area contributed by atoms with E-state index < -0.39 is 0 Å². The maximum absolute atomic E-state index is 11.8. The highest BCUT2D eigenvalue weighted by atomic mass is 16.5. The molecule has 0 N–H and O–H groups in total. The number of hydrogen-bond donors (Lipinski definition) is 0. The van der Waals surface area contributed by atoms with Gasteiger partial charge in [0, 0.05) is 19.2 Å². The van der Waals surface area contributed by atoms with Gasteiger partial charge in [-0.2, -0.15) is 0 Å². The summed E-state index contributed by atoms with van der Waals surface area (Å²) in [5.41, 5.74) is 0.907. The van der Waals surface area contributed by atoms with Crippen LogP contribution in [0, 0.1) is 0 Å². The molecule has 0 fully saturated rings. The van der Waals surface area contributed by atoms with Gasteiger partial charge >= 0.3 is 11.9 Å². The lowest BCUT2D eigenvalue weighted by molar-refractivity contribution is -0.147. The first-order chi connectivity index (χ1) is 12.0. The molecule has 0 spiro atoms. The summed E-state index contributed by atoms with van der Waals surface area (Å²) < 4.78 is 20.5. The molecule has 0 saturated heterocycles. The maximum atomic E-state index is 11.8. The normalized spacial score (nSPS) is 10.4. The molecule has 0 aliphatic carbocycles. The van der Waals surface area contributed by atoms with Gasteiger partial charge < -0.3 is 18.9 Å². The van der Waals surface area contributed by atoms with E-state index in [4.69, 9.17) is 18.9 Å². The van der Waals surface area contributed by atoms with Crippen molar-refractivity contribution < 1.29 is 28.5 Å². The first-order valence-electron chi connectivity index (χ1n) is 8.27. The van der Waals surface area contributed by atoms with Crippen molar-refractivity contribution in [3.05, 3.63) is 23.8 Å². The molecular formula is C18H27NO6. The van der Waals surface area contributed by atoms with E-state index in [-0.39, 0.29) is 24.9 Å². The van der Waals surface area contributed by atoms with E-state index in [2.05, 4.69) is 0 Å². The van der Waals surface area contributed by atoms with Crippen LogP contribution in [-0.2, 0) is 25.6 Å². The summed E-state index contributed by atoms with van der Waals surface area (Å²) >= 11 is 0. The fraction of sp³-hybridized carbons (Fsp3) is 0.556. The zero-order valence-corrected chi connectivity index (χ0v) is 15.4. The Bertz CT molecular complexity index is 538. The average molecular weight is 353 g/mol. The van der Waals surface area contributed by atoms with Gasteiger partial charge in [-0.15, -0.1) is 0 Å². The number of benzene rings is 1. The minimum absolute atomic E-state index is 0.0900. The molecule has 0 bridgehead atoms. The van der Waals surface area contributed by atoms with E-state index >= 15 is 0 Å². The monoisotopic (exact) mass is 353 g/mol. The van der Waals surface area contributed by atoms with Crippen molar-refractivity contribution in [1.29, 1.82) is 0 Å². The molecule has 0 unspecified atom stereocenters. The molecule has 0 aromatic heterocycles. The Balaban J connectivity index is 2.83. The molecular weight excluding hydrogens is 326 g/mol. The van der Waals surface area contributed by atoms with Gasteiger partial charge in [0.2, 0.25) is 0 Å². The third-order valence-corrected chi connectivity index (χ3v) is 3.41. The lowest BCUT2D eigenvalue weighted by Crippen LogP contribution is -2.32. The van der Waals surface area contributed by atoms with Crippen molar-refractivity contribution in [1.82, 2.24) is 4.90 Å². The minimum Gasteiger partial charge on any atom is -0.497 e. The first kappa shape index (κ1) is 20.8. The van der Waals surface area contributed by atoms with Crippen LogP contribution in [0.25, 0.3) is 0 Å². The molecule has 25 heavy (non-hydrogen) atoms. The van der Waals surface area contributed by atoms with Crippen molar-refractivity contribution in [2.24, 2.45) is 0 Å². The predicted molar refractivity (Wildman–Crippen MR) is 92.7 cm³/mol. The Morgan fingerprint density at radius 1 is 0.920 bits per heavy atom. The summed E-state index contributed by atoms with van der Waals surface area (Å²) in [5.74, 6) is 0.701. The number of carbonyl (C=O) groups is 2. The van der Waals surface area contributed by atoms with Crippen molar-refractivity contribution in [2.75, 3.05) is 40.5 Å². The number of methoxy groups -OCH3 is 2. The summed E-state index contributed by atoms with van der Waals surface area (Å²) in [5, 5.41) is 0. The molecule has 0 heterocycles. The Hall–Kier alpha value is -2.28. The third-order valence-electron chi connectivity index (χ3n) is 3.41. The van der Waals surface area contributed by atoms with Crippen molar-refractivity contribution in [2.45, 2.75) is 26.8 Å². The average Bonchev–Trinajstić information content (AvgIpc) is 2.59. The minimum atomic E-state index is -0.332. The summed E-state index contributed by atoms with van der Waals surface area (Å²) in [6.07, 6.45) is 0.203. The third kappa shape index (κ3) is 7.89. The number of hydrogen-bond acceptors (Lipinski definition) is 7. The van der Waals surface area contributed by atoms with E-state index in [1.165, 1.54) is 0 Å². The maximum Gasteiger partial charge on any atom is 0.320 e. The number of rotatable bonds is 11. The lowest BCUT2D eigenvalue weighted by atomic mass is 10.1. The molecule has 0 aliphatic rings. The zero-order valence-electron chi connectivity index (χ0n) is 15.4. The molecule has 140 valence electrons. The highest BCUT2D eigenvalue weighted by Crippen LogP contribution is 2.23. The summed E-state index contributed by atoms with van der Waals surface area (Å²) in [6, 6.07) is 5.51. The van der Waals surface area contributed by atoms with Gasteiger partial charge in [-0.1, -0.05) is 0 Å². The highest BCUT2D eigenvalue weighted by molar-refractivity contribution is 5.72. The molecule has 1 aromatic rings. The second-order valence-electron chi connectivity index (χ2n) is 5.29. The van der Waals surface area contributed by atoms with Crippen LogP contribution < -0.4 is 9.47 Å². The molecule has 7 nitrogen and oxygen atoms in total.